The molecule has 0 saturated carbocycles. The highest BCUT2D eigenvalue weighted by atomic mass is 19.1. The Bertz CT molecular complexity index is 429. The smallest absolute Gasteiger partial charge is 0.141 e. The lowest BCUT2D eigenvalue weighted by Crippen LogP contribution is -2.30. The quantitative estimate of drug-likeness (QED) is 0.868. The van der Waals surface area contributed by atoms with Gasteiger partial charge >= 0.3 is 0 Å². The Balaban J connectivity index is 1.72. The SMILES string of the molecule is CC(c1cncc(F)c1)N1CCC2(CCNC2)C1. The minimum absolute atomic E-state index is 0.240. The van der Waals surface area contributed by atoms with Crippen LogP contribution in [0.5, 0.6) is 0 Å². The number of rotatable bonds is 2. The largest absolute Gasteiger partial charge is 0.316 e. The van der Waals surface area contributed by atoms with Crippen molar-refractivity contribution in [2.24, 2.45) is 5.41 Å². The Morgan fingerprint density at radius 2 is 2.33 bits per heavy atom. The van der Waals surface area contributed by atoms with E-state index in [-0.39, 0.29) is 11.9 Å². The summed E-state index contributed by atoms with van der Waals surface area (Å²) < 4.78 is 13.2. The monoisotopic (exact) mass is 249 g/mol. The van der Waals surface area contributed by atoms with Gasteiger partial charge in [0.25, 0.3) is 0 Å². The third-order valence-corrected chi connectivity index (χ3v) is 4.56. The molecule has 0 bridgehead atoms. The van der Waals surface area contributed by atoms with Crippen molar-refractivity contribution in [2.75, 3.05) is 26.2 Å². The second-order valence-electron chi connectivity index (χ2n) is 5.76. The zero-order valence-electron chi connectivity index (χ0n) is 10.8. The number of hydrogen-bond acceptors (Lipinski definition) is 3. The molecule has 1 spiro atoms. The Hall–Kier alpha value is -1.00. The Kier molecular flexibility index (Phi) is 3.08. The van der Waals surface area contributed by atoms with E-state index >= 15 is 0 Å². The van der Waals surface area contributed by atoms with Crippen LogP contribution in [-0.4, -0.2) is 36.1 Å². The van der Waals surface area contributed by atoms with Gasteiger partial charge in [-0.3, -0.25) is 9.88 Å². The maximum atomic E-state index is 13.2. The normalized spacial score (nSPS) is 30.1. The maximum absolute atomic E-state index is 13.2. The van der Waals surface area contributed by atoms with Gasteiger partial charge in [0.05, 0.1) is 6.20 Å². The molecule has 2 aliphatic rings. The van der Waals surface area contributed by atoms with E-state index in [0.29, 0.717) is 5.41 Å². The van der Waals surface area contributed by atoms with Crippen molar-refractivity contribution >= 4 is 0 Å². The summed E-state index contributed by atoms with van der Waals surface area (Å²) in [6.45, 7) is 6.66. The van der Waals surface area contributed by atoms with Gasteiger partial charge in [-0.05, 0) is 49.9 Å². The number of hydrogen-bond donors (Lipinski definition) is 1. The summed E-state index contributed by atoms with van der Waals surface area (Å²) >= 11 is 0. The third-order valence-electron chi connectivity index (χ3n) is 4.56. The minimum Gasteiger partial charge on any atom is -0.316 e. The number of likely N-dealkylation sites (tertiary alicyclic amines) is 1. The summed E-state index contributed by atoms with van der Waals surface area (Å²) in [6.07, 6.45) is 5.58. The highest BCUT2D eigenvalue weighted by Gasteiger charge is 2.41. The lowest BCUT2D eigenvalue weighted by atomic mass is 9.86. The molecule has 2 aliphatic heterocycles. The van der Waals surface area contributed by atoms with Crippen LogP contribution in [-0.2, 0) is 0 Å². The van der Waals surface area contributed by atoms with E-state index in [4.69, 9.17) is 0 Å². The van der Waals surface area contributed by atoms with Crippen LogP contribution in [0.25, 0.3) is 0 Å². The summed E-state index contributed by atoms with van der Waals surface area (Å²) in [7, 11) is 0. The molecule has 3 rings (SSSR count). The summed E-state index contributed by atoms with van der Waals surface area (Å²) in [4.78, 5) is 6.41. The van der Waals surface area contributed by atoms with Crippen molar-refractivity contribution < 1.29 is 4.39 Å². The van der Waals surface area contributed by atoms with Gasteiger partial charge in [-0.1, -0.05) is 0 Å². The summed E-state index contributed by atoms with van der Waals surface area (Å²) in [5, 5.41) is 3.46. The van der Waals surface area contributed by atoms with E-state index in [1.54, 1.807) is 12.3 Å². The summed E-state index contributed by atoms with van der Waals surface area (Å²) in [5.41, 5.74) is 1.45. The highest BCUT2D eigenvalue weighted by molar-refractivity contribution is 5.15. The van der Waals surface area contributed by atoms with Crippen molar-refractivity contribution in [1.82, 2.24) is 15.2 Å². The molecule has 0 aromatic carbocycles. The Morgan fingerprint density at radius 3 is 3.06 bits per heavy atom. The zero-order chi connectivity index (χ0) is 12.6. The van der Waals surface area contributed by atoms with Crippen LogP contribution < -0.4 is 5.32 Å². The second kappa shape index (κ2) is 4.59. The van der Waals surface area contributed by atoms with E-state index in [2.05, 4.69) is 22.1 Å². The Morgan fingerprint density at radius 1 is 1.44 bits per heavy atom. The molecule has 4 heteroatoms. The van der Waals surface area contributed by atoms with Gasteiger partial charge in [0, 0.05) is 25.3 Å². The number of halogens is 1. The van der Waals surface area contributed by atoms with Crippen molar-refractivity contribution in [3.63, 3.8) is 0 Å². The van der Waals surface area contributed by atoms with Crippen LogP contribution in [0.15, 0.2) is 18.5 Å². The average Bonchev–Trinajstić information content (AvgIpc) is 3.00. The third kappa shape index (κ3) is 2.15. The van der Waals surface area contributed by atoms with Crippen LogP contribution in [0.3, 0.4) is 0 Å². The lowest BCUT2D eigenvalue weighted by Gasteiger charge is -2.27. The molecule has 1 N–H and O–H groups in total. The van der Waals surface area contributed by atoms with Crippen LogP contribution >= 0.6 is 0 Å². The topological polar surface area (TPSA) is 28.2 Å². The van der Waals surface area contributed by atoms with E-state index in [1.807, 2.05) is 0 Å². The molecule has 98 valence electrons. The van der Waals surface area contributed by atoms with Crippen molar-refractivity contribution in [2.45, 2.75) is 25.8 Å². The predicted octanol–water partition coefficient (Wildman–Crippen LogP) is 1.97. The number of nitrogens with one attached hydrogen (secondary N) is 1. The first kappa shape index (κ1) is 12.1. The molecule has 1 aromatic rings. The lowest BCUT2D eigenvalue weighted by molar-refractivity contribution is 0.223. The fraction of sp³-hybridized carbons (Fsp3) is 0.643. The molecule has 3 heterocycles. The molecule has 18 heavy (non-hydrogen) atoms. The standard InChI is InChI=1S/C14H20FN3/c1-11(12-6-13(15)8-17-7-12)18-5-3-14(10-18)2-4-16-9-14/h6-8,11,16H,2-5,9-10H2,1H3. The molecule has 2 saturated heterocycles. The number of aromatic nitrogens is 1. The van der Waals surface area contributed by atoms with E-state index < -0.39 is 0 Å². The van der Waals surface area contributed by atoms with Gasteiger partial charge in [-0.15, -0.1) is 0 Å². The van der Waals surface area contributed by atoms with Gasteiger partial charge in [-0.25, -0.2) is 4.39 Å². The fourth-order valence-corrected chi connectivity index (χ4v) is 3.31. The molecule has 3 nitrogen and oxygen atoms in total. The van der Waals surface area contributed by atoms with Crippen LogP contribution in [0.2, 0.25) is 0 Å². The Labute approximate surface area is 107 Å². The molecule has 2 unspecified atom stereocenters. The molecule has 0 aliphatic carbocycles. The van der Waals surface area contributed by atoms with Crippen molar-refractivity contribution in [3.05, 3.63) is 29.8 Å². The number of pyridine rings is 1. The first-order valence-corrected chi connectivity index (χ1v) is 6.74. The van der Waals surface area contributed by atoms with Crippen LogP contribution in [0.4, 0.5) is 4.39 Å². The first-order valence-electron chi connectivity index (χ1n) is 6.74. The molecular weight excluding hydrogens is 229 g/mol. The van der Waals surface area contributed by atoms with Gasteiger partial charge in [0.1, 0.15) is 5.82 Å². The minimum atomic E-state index is -0.240. The van der Waals surface area contributed by atoms with Crippen LogP contribution in [0.1, 0.15) is 31.4 Å². The van der Waals surface area contributed by atoms with Gasteiger partial charge in [0.2, 0.25) is 0 Å². The van der Waals surface area contributed by atoms with Gasteiger partial charge in [-0.2, -0.15) is 0 Å². The van der Waals surface area contributed by atoms with E-state index in [9.17, 15) is 4.39 Å². The molecule has 0 radical (unpaired) electrons. The summed E-state index contributed by atoms with van der Waals surface area (Å²) in [6, 6.07) is 1.86. The second-order valence-corrected chi connectivity index (χ2v) is 5.76. The molecule has 0 amide bonds. The first-order chi connectivity index (χ1) is 8.69. The van der Waals surface area contributed by atoms with Crippen LogP contribution in [0, 0.1) is 11.2 Å². The predicted molar refractivity (Wildman–Crippen MR) is 68.7 cm³/mol. The molecule has 2 fully saturated rings. The number of nitrogens with zero attached hydrogens (tertiary/aromatic N) is 2. The van der Waals surface area contributed by atoms with Crippen molar-refractivity contribution in [1.29, 1.82) is 0 Å². The fourth-order valence-electron chi connectivity index (χ4n) is 3.31. The van der Waals surface area contributed by atoms with Crippen molar-refractivity contribution in [3.8, 4) is 0 Å². The van der Waals surface area contributed by atoms with E-state index in [0.717, 1.165) is 31.7 Å². The van der Waals surface area contributed by atoms with Gasteiger partial charge < -0.3 is 5.32 Å². The zero-order valence-corrected chi connectivity index (χ0v) is 10.8. The summed E-state index contributed by atoms with van der Waals surface area (Å²) in [5.74, 6) is -0.240. The molecule has 1 aromatic heterocycles. The maximum Gasteiger partial charge on any atom is 0.141 e. The average molecular weight is 249 g/mol. The van der Waals surface area contributed by atoms with E-state index in [1.165, 1.54) is 19.0 Å². The highest BCUT2D eigenvalue weighted by Crippen LogP contribution is 2.39. The molecule has 2 atom stereocenters. The van der Waals surface area contributed by atoms with Gasteiger partial charge in [0.15, 0.2) is 0 Å². The molecular formula is C14H20FN3.